The van der Waals surface area contributed by atoms with Gasteiger partial charge in [0.25, 0.3) is 0 Å². The normalized spacial score (nSPS) is 16.4. The van der Waals surface area contributed by atoms with Gasteiger partial charge in [-0.05, 0) is 0 Å². The van der Waals surface area contributed by atoms with Crippen LogP contribution in [0.3, 0.4) is 0 Å². The van der Waals surface area contributed by atoms with Gasteiger partial charge in [-0.2, -0.15) is 0 Å². The third-order valence-electron chi connectivity index (χ3n) is 2.41. The van der Waals surface area contributed by atoms with E-state index in [0.717, 1.165) is 11.3 Å². The Bertz CT molecular complexity index is 575. The van der Waals surface area contributed by atoms with E-state index in [-0.39, 0.29) is 20.9 Å². The maximum atomic E-state index is 11.7. The molecule has 0 bridgehead atoms. The van der Waals surface area contributed by atoms with Gasteiger partial charge in [-0.1, -0.05) is 0 Å². The number of hydrogen-bond acceptors (Lipinski definition) is 4. The molecule has 1 amide bonds. The summed E-state index contributed by atoms with van der Waals surface area (Å²) in [5.74, 6) is -0.154. The molecule has 0 radical (unpaired) electrons. The van der Waals surface area contributed by atoms with Crippen LogP contribution in [-0.2, 0) is 14.3 Å². The molecule has 0 fully saturated rings. The van der Waals surface area contributed by atoms with Crippen LogP contribution in [0.5, 0.6) is 5.75 Å². The number of amides is 1. The quantitative estimate of drug-likeness (QED) is 0.467. The van der Waals surface area contributed by atoms with Crippen molar-refractivity contribution in [3.05, 3.63) is 40.4 Å². The van der Waals surface area contributed by atoms with Gasteiger partial charge in [-0.3, -0.25) is 0 Å². The summed E-state index contributed by atoms with van der Waals surface area (Å²) in [6.07, 6.45) is 1.21. The van der Waals surface area contributed by atoms with Crippen LogP contribution >= 0.6 is 0 Å². The zero-order valence-corrected chi connectivity index (χ0v) is 12.1. The number of ether oxygens (including phenoxy) is 2. The molecule has 0 spiro atoms. The van der Waals surface area contributed by atoms with Crippen molar-refractivity contribution in [2.45, 2.75) is 0 Å². The van der Waals surface area contributed by atoms with Gasteiger partial charge >= 0.3 is 116 Å². The number of carbonyl (C=O) groups is 2. The van der Waals surface area contributed by atoms with Crippen LogP contribution in [0.2, 0.25) is 0 Å². The fraction of sp³-hybridized carbons (Fsp3) is 0.154. The SMILES string of the molecule is COC(=O)/C=C1/[Se]C(c2ccc(OC)cc2)=NC1=O. The zero-order valence-electron chi connectivity index (χ0n) is 10.4. The third kappa shape index (κ3) is 3.10. The predicted octanol–water partition coefficient (Wildman–Crippen LogP) is 0.743. The Labute approximate surface area is 116 Å². The Morgan fingerprint density at radius 2 is 1.95 bits per heavy atom. The van der Waals surface area contributed by atoms with Gasteiger partial charge in [-0.15, -0.1) is 0 Å². The first kappa shape index (κ1) is 13.5. The summed E-state index contributed by atoms with van der Waals surface area (Å²) in [7, 11) is 2.86. The average molecular weight is 324 g/mol. The molecule has 0 aliphatic carbocycles. The maximum absolute atomic E-state index is 11.7. The van der Waals surface area contributed by atoms with Gasteiger partial charge in [0.15, 0.2) is 0 Å². The number of rotatable bonds is 3. The molecule has 19 heavy (non-hydrogen) atoms. The fourth-order valence-electron chi connectivity index (χ4n) is 1.43. The summed E-state index contributed by atoms with van der Waals surface area (Å²) in [6.45, 7) is 0. The van der Waals surface area contributed by atoms with Crippen LogP contribution in [0.25, 0.3) is 0 Å². The molecule has 1 aliphatic rings. The minimum atomic E-state index is -0.531. The third-order valence-corrected chi connectivity index (χ3v) is 4.57. The molecule has 0 saturated carbocycles. The van der Waals surface area contributed by atoms with E-state index in [2.05, 4.69) is 9.73 Å². The Morgan fingerprint density at radius 3 is 2.53 bits per heavy atom. The van der Waals surface area contributed by atoms with Crippen LogP contribution in [0.4, 0.5) is 0 Å². The van der Waals surface area contributed by atoms with Crippen molar-refractivity contribution in [1.82, 2.24) is 0 Å². The van der Waals surface area contributed by atoms with Gasteiger partial charge in [0, 0.05) is 0 Å². The molecular weight excluding hydrogens is 313 g/mol. The first-order valence-corrected chi connectivity index (χ1v) is 7.10. The molecule has 6 heteroatoms. The molecule has 0 saturated heterocycles. The van der Waals surface area contributed by atoms with Crippen molar-refractivity contribution in [3.63, 3.8) is 0 Å². The van der Waals surface area contributed by atoms with Crippen molar-refractivity contribution in [2.24, 2.45) is 4.99 Å². The van der Waals surface area contributed by atoms with Gasteiger partial charge in [0.05, 0.1) is 0 Å². The summed E-state index contributed by atoms with van der Waals surface area (Å²) in [6, 6.07) is 7.29. The van der Waals surface area contributed by atoms with Gasteiger partial charge in [0.1, 0.15) is 0 Å². The van der Waals surface area contributed by atoms with E-state index in [1.54, 1.807) is 19.2 Å². The molecule has 1 heterocycles. The van der Waals surface area contributed by atoms with E-state index in [1.807, 2.05) is 12.1 Å². The first-order chi connectivity index (χ1) is 9.13. The molecule has 1 aromatic carbocycles. The topological polar surface area (TPSA) is 65.0 Å². The number of benzene rings is 1. The van der Waals surface area contributed by atoms with Crippen LogP contribution in [-0.4, -0.2) is 45.7 Å². The van der Waals surface area contributed by atoms with Crippen LogP contribution < -0.4 is 4.74 Å². The van der Waals surface area contributed by atoms with Gasteiger partial charge in [0.2, 0.25) is 0 Å². The number of carbonyl (C=O) groups excluding carboxylic acids is 2. The van der Waals surface area contributed by atoms with Crippen molar-refractivity contribution >= 4 is 31.4 Å². The van der Waals surface area contributed by atoms with E-state index >= 15 is 0 Å². The van der Waals surface area contributed by atoms with Crippen molar-refractivity contribution in [2.75, 3.05) is 14.2 Å². The molecular formula is C13H11NO4Se. The Balaban J connectivity index is 2.19. The molecule has 98 valence electrons. The molecule has 2 rings (SSSR count). The Kier molecular flexibility index (Phi) is 4.14. The summed E-state index contributed by atoms with van der Waals surface area (Å²) in [5, 5.41) is 0. The molecule has 0 atom stereocenters. The summed E-state index contributed by atoms with van der Waals surface area (Å²) in [4.78, 5) is 26.8. The number of esters is 1. The average Bonchev–Trinajstić information content (AvgIpc) is 2.80. The Hall–Kier alpha value is -1.91. The van der Waals surface area contributed by atoms with Crippen molar-refractivity contribution < 1.29 is 19.1 Å². The number of methoxy groups -OCH3 is 2. The van der Waals surface area contributed by atoms with Crippen LogP contribution in [0.1, 0.15) is 5.56 Å². The molecule has 5 nitrogen and oxygen atoms in total. The van der Waals surface area contributed by atoms with E-state index in [1.165, 1.54) is 13.2 Å². The summed E-state index contributed by atoms with van der Waals surface area (Å²) < 4.78 is 10.7. The number of nitrogens with zero attached hydrogens (tertiary/aromatic N) is 1. The summed E-state index contributed by atoms with van der Waals surface area (Å²) >= 11 is -0.278. The van der Waals surface area contributed by atoms with Crippen LogP contribution in [0.15, 0.2) is 39.8 Å². The second-order valence-electron chi connectivity index (χ2n) is 3.58. The van der Waals surface area contributed by atoms with E-state index in [4.69, 9.17) is 4.74 Å². The predicted molar refractivity (Wildman–Crippen MR) is 70.4 cm³/mol. The monoisotopic (exact) mass is 325 g/mol. The molecule has 0 N–H and O–H groups in total. The van der Waals surface area contributed by atoms with Crippen LogP contribution in [0, 0.1) is 0 Å². The second kappa shape index (κ2) is 5.82. The molecule has 1 aliphatic heterocycles. The Morgan fingerprint density at radius 1 is 1.26 bits per heavy atom. The van der Waals surface area contributed by atoms with E-state index < -0.39 is 5.97 Å². The minimum absolute atomic E-state index is 0.278. The molecule has 0 unspecified atom stereocenters. The zero-order chi connectivity index (χ0) is 13.8. The van der Waals surface area contributed by atoms with Crippen molar-refractivity contribution in [3.8, 4) is 5.75 Å². The second-order valence-corrected chi connectivity index (χ2v) is 5.75. The van der Waals surface area contributed by atoms with E-state index in [9.17, 15) is 9.59 Å². The standard InChI is InChI=1S/C13H11NO4Se/c1-17-9-5-3-8(4-6-9)13-14-12(16)10(19-13)7-11(15)18-2/h3-7H,1-2H3/b10-7+. The molecule has 1 aromatic rings. The van der Waals surface area contributed by atoms with Gasteiger partial charge < -0.3 is 0 Å². The molecule has 0 aromatic heterocycles. The number of hydrogen-bond donors (Lipinski definition) is 0. The summed E-state index contributed by atoms with van der Waals surface area (Å²) in [5.41, 5.74) is 0.863. The number of aliphatic imine (C=N–C) groups is 1. The first-order valence-electron chi connectivity index (χ1n) is 5.39. The van der Waals surface area contributed by atoms with Gasteiger partial charge in [-0.25, -0.2) is 0 Å². The van der Waals surface area contributed by atoms with E-state index in [0.29, 0.717) is 9.08 Å². The fourth-order valence-corrected chi connectivity index (χ4v) is 3.28. The van der Waals surface area contributed by atoms with Crippen molar-refractivity contribution in [1.29, 1.82) is 0 Å².